The van der Waals surface area contributed by atoms with Crippen molar-refractivity contribution in [3.63, 3.8) is 0 Å². The molecule has 0 radical (unpaired) electrons. The van der Waals surface area contributed by atoms with E-state index in [-0.39, 0.29) is 0 Å². The highest BCUT2D eigenvalue weighted by atomic mass is 16.4. The minimum absolute atomic E-state index is 0.321. The number of rotatable bonds is 5. The first-order valence-electron chi connectivity index (χ1n) is 8.58. The summed E-state index contributed by atoms with van der Waals surface area (Å²) in [5.74, 6) is -0.834. The van der Waals surface area contributed by atoms with E-state index in [1.165, 1.54) is 37.2 Å². The molecule has 1 N–H and O–H groups in total. The molecule has 1 saturated heterocycles. The lowest BCUT2D eigenvalue weighted by Gasteiger charge is -2.15. The van der Waals surface area contributed by atoms with Crippen molar-refractivity contribution >= 4 is 16.9 Å². The number of likely N-dealkylation sites (tertiary alicyclic amines) is 1. The number of aromatic carboxylic acids is 1. The summed E-state index contributed by atoms with van der Waals surface area (Å²) in [5, 5.41) is 10.5. The predicted octanol–water partition coefficient (Wildman–Crippen LogP) is 3.87. The molecule has 0 bridgehead atoms. The van der Waals surface area contributed by atoms with Gasteiger partial charge in [-0.2, -0.15) is 0 Å². The van der Waals surface area contributed by atoms with Crippen LogP contribution in [0.4, 0.5) is 0 Å². The lowest BCUT2D eigenvalue weighted by atomic mass is 10.0. The highest BCUT2D eigenvalue weighted by molar-refractivity contribution is 6.05. The lowest BCUT2D eigenvalue weighted by molar-refractivity contribution is 0.0699. The zero-order valence-corrected chi connectivity index (χ0v) is 14.3. The summed E-state index contributed by atoms with van der Waals surface area (Å²) in [6, 6.07) is 5.96. The van der Waals surface area contributed by atoms with Gasteiger partial charge in [0.15, 0.2) is 0 Å². The lowest BCUT2D eigenvalue weighted by Crippen LogP contribution is -2.22. The smallest absolute Gasteiger partial charge is 0.336 e. The highest BCUT2D eigenvalue weighted by Crippen LogP contribution is 2.32. The molecule has 2 aromatic rings. The second-order valence-corrected chi connectivity index (χ2v) is 6.83. The first-order valence-corrected chi connectivity index (χ1v) is 8.58. The van der Waals surface area contributed by atoms with Crippen LogP contribution in [-0.4, -0.2) is 40.2 Å². The number of benzene rings is 1. The van der Waals surface area contributed by atoms with Gasteiger partial charge in [0.25, 0.3) is 0 Å². The average molecular weight is 314 g/mol. The quantitative estimate of drug-likeness (QED) is 0.911. The third-order valence-electron chi connectivity index (χ3n) is 5.03. The molecule has 0 spiro atoms. The Morgan fingerprint density at radius 2 is 1.96 bits per heavy atom. The standard InChI is InChI=1S/C19H26N2O2/c1-13(2)21-14(3)15(9-12-20-10-4-5-11-20)18-16(19(22)23)7-6-8-17(18)21/h6-8,13H,4-5,9-12H2,1-3H3,(H,22,23). The Hall–Kier alpha value is -1.81. The fraction of sp³-hybridized carbons (Fsp3) is 0.526. The van der Waals surface area contributed by atoms with Crippen molar-refractivity contribution in [1.29, 1.82) is 0 Å². The van der Waals surface area contributed by atoms with E-state index in [4.69, 9.17) is 0 Å². The third-order valence-corrected chi connectivity index (χ3v) is 5.03. The second kappa shape index (κ2) is 6.36. The van der Waals surface area contributed by atoms with Gasteiger partial charge in [-0.15, -0.1) is 0 Å². The van der Waals surface area contributed by atoms with E-state index in [1.54, 1.807) is 6.07 Å². The maximum atomic E-state index is 11.7. The van der Waals surface area contributed by atoms with Crippen LogP contribution in [0.5, 0.6) is 0 Å². The normalized spacial score (nSPS) is 15.8. The van der Waals surface area contributed by atoms with Gasteiger partial charge in [-0.05, 0) is 70.8 Å². The van der Waals surface area contributed by atoms with E-state index in [0.29, 0.717) is 11.6 Å². The Balaban J connectivity index is 2.10. The molecule has 0 aliphatic carbocycles. The topological polar surface area (TPSA) is 45.5 Å². The van der Waals surface area contributed by atoms with Crippen LogP contribution in [0.25, 0.3) is 10.9 Å². The molecule has 0 unspecified atom stereocenters. The van der Waals surface area contributed by atoms with Crippen LogP contribution < -0.4 is 0 Å². The molecule has 124 valence electrons. The molecule has 1 aliphatic rings. The minimum atomic E-state index is -0.834. The zero-order valence-electron chi connectivity index (χ0n) is 14.3. The Morgan fingerprint density at radius 3 is 2.57 bits per heavy atom. The fourth-order valence-corrected chi connectivity index (χ4v) is 3.99. The average Bonchev–Trinajstić information content (AvgIpc) is 3.09. The molecular weight excluding hydrogens is 288 g/mol. The van der Waals surface area contributed by atoms with Crippen molar-refractivity contribution < 1.29 is 9.90 Å². The molecule has 23 heavy (non-hydrogen) atoms. The summed E-state index contributed by atoms with van der Waals surface area (Å²) in [4.78, 5) is 14.2. The SMILES string of the molecule is Cc1c(CCN2CCCC2)c2c(C(=O)O)cccc2n1C(C)C. The minimum Gasteiger partial charge on any atom is -0.478 e. The number of hydrogen-bond donors (Lipinski definition) is 1. The van der Waals surface area contributed by atoms with Gasteiger partial charge in [0.2, 0.25) is 0 Å². The summed E-state index contributed by atoms with van der Waals surface area (Å²) >= 11 is 0. The van der Waals surface area contributed by atoms with Crippen LogP contribution in [0.3, 0.4) is 0 Å². The summed E-state index contributed by atoms with van der Waals surface area (Å²) in [7, 11) is 0. The second-order valence-electron chi connectivity index (χ2n) is 6.83. The Kier molecular flexibility index (Phi) is 4.44. The van der Waals surface area contributed by atoms with E-state index in [0.717, 1.165) is 23.9 Å². The molecule has 4 heteroatoms. The Morgan fingerprint density at radius 1 is 1.26 bits per heavy atom. The van der Waals surface area contributed by atoms with Crippen LogP contribution in [0.2, 0.25) is 0 Å². The van der Waals surface area contributed by atoms with Crippen molar-refractivity contribution in [2.45, 2.75) is 46.1 Å². The summed E-state index contributed by atoms with van der Waals surface area (Å²) in [6.07, 6.45) is 3.49. The molecule has 4 nitrogen and oxygen atoms in total. The number of carboxylic acid groups (broad SMARTS) is 1. The number of nitrogens with zero attached hydrogens (tertiary/aromatic N) is 2. The van der Waals surface area contributed by atoms with E-state index < -0.39 is 5.97 Å². The Bertz CT molecular complexity index is 725. The van der Waals surface area contributed by atoms with Crippen LogP contribution in [0.15, 0.2) is 18.2 Å². The van der Waals surface area contributed by atoms with Gasteiger partial charge < -0.3 is 14.6 Å². The molecule has 0 saturated carbocycles. The molecule has 0 atom stereocenters. The number of carboxylic acids is 1. The number of aromatic nitrogens is 1. The van der Waals surface area contributed by atoms with Crippen molar-refractivity contribution in [3.05, 3.63) is 35.0 Å². The largest absolute Gasteiger partial charge is 0.478 e. The van der Waals surface area contributed by atoms with Gasteiger partial charge in [-0.3, -0.25) is 0 Å². The van der Waals surface area contributed by atoms with E-state index in [9.17, 15) is 9.90 Å². The number of fused-ring (bicyclic) bond motifs is 1. The van der Waals surface area contributed by atoms with Crippen molar-refractivity contribution in [3.8, 4) is 0 Å². The zero-order chi connectivity index (χ0) is 16.6. The summed E-state index contributed by atoms with van der Waals surface area (Å²) in [6.45, 7) is 9.81. The number of carbonyl (C=O) groups is 1. The predicted molar refractivity (Wildman–Crippen MR) is 93.4 cm³/mol. The molecule has 1 aliphatic heterocycles. The summed E-state index contributed by atoms with van der Waals surface area (Å²) in [5.41, 5.74) is 3.90. The van der Waals surface area contributed by atoms with Crippen molar-refractivity contribution in [1.82, 2.24) is 9.47 Å². The summed E-state index contributed by atoms with van der Waals surface area (Å²) < 4.78 is 2.28. The van der Waals surface area contributed by atoms with Crippen LogP contribution in [-0.2, 0) is 6.42 Å². The monoisotopic (exact) mass is 314 g/mol. The van der Waals surface area contributed by atoms with Gasteiger partial charge in [0.05, 0.1) is 5.56 Å². The highest BCUT2D eigenvalue weighted by Gasteiger charge is 2.22. The third kappa shape index (κ3) is 2.88. The molecule has 0 amide bonds. The maximum Gasteiger partial charge on any atom is 0.336 e. The first kappa shape index (κ1) is 16.1. The molecular formula is C19H26N2O2. The van der Waals surface area contributed by atoms with Crippen molar-refractivity contribution in [2.24, 2.45) is 0 Å². The van der Waals surface area contributed by atoms with E-state index >= 15 is 0 Å². The van der Waals surface area contributed by atoms with Gasteiger partial charge >= 0.3 is 5.97 Å². The molecule has 2 heterocycles. The van der Waals surface area contributed by atoms with Crippen LogP contribution in [0, 0.1) is 6.92 Å². The van der Waals surface area contributed by atoms with E-state index in [2.05, 4.69) is 30.2 Å². The van der Waals surface area contributed by atoms with Gasteiger partial charge in [0, 0.05) is 29.2 Å². The number of hydrogen-bond acceptors (Lipinski definition) is 2. The van der Waals surface area contributed by atoms with E-state index in [1.807, 2.05) is 12.1 Å². The first-order chi connectivity index (χ1) is 11.0. The van der Waals surface area contributed by atoms with Crippen LogP contribution in [0.1, 0.15) is 54.3 Å². The Labute approximate surface area is 137 Å². The molecule has 1 aromatic heterocycles. The van der Waals surface area contributed by atoms with Gasteiger partial charge in [-0.1, -0.05) is 6.07 Å². The molecule has 1 fully saturated rings. The van der Waals surface area contributed by atoms with Gasteiger partial charge in [-0.25, -0.2) is 4.79 Å². The van der Waals surface area contributed by atoms with Crippen molar-refractivity contribution in [2.75, 3.05) is 19.6 Å². The van der Waals surface area contributed by atoms with Crippen LogP contribution >= 0.6 is 0 Å². The van der Waals surface area contributed by atoms with Gasteiger partial charge in [0.1, 0.15) is 0 Å². The fourth-order valence-electron chi connectivity index (χ4n) is 3.99. The molecule has 1 aromatic carbocycles. The maximum absolute atomic E-state index is 11.7. The molecule has 3 rings (SSSR count).